The Morgan fingerprint density at radius 2 is 1.94 bits per heavy atom. The smallest absolute Gasteiger partial charge is 0.316 e. The van der Waals surface area contributed by atoms with Crippen molar-refractivity contribution in [2.75, 3.05) is 19.8 Å². The molecule has 0 aromatic rings. The summed E-state index contributed by atoms with van der Waals surface area (Å²) >= 11 is 0. The minimum absolute atomic E-state index is 0.0234. The van der Waals surface area contributed by atoms with Crippen molar-refractivity contribution in [3.63, 3.8) is 0 Å². The molecule has 1 heterocycles. The average Bonchev–Trinajstić information content (AvgIpc) is 2.36. The second kappa shape index (κ2) is 7.43. The molecule has 4 heteroatoms. The van der Waals surface area contributed by atoms with Gasteiger partial charge in [0.1, 0.15) is 11.7 Å². The topological polar surface area (TPSA) is 52.6 Å². The molecule has 0 N–H and O–H groups in total. The van der Waals surface area contributed by atoms with Crippen LogP contribution in [-0.2, 0) is 19.1 Å². The van der Waals surface area contributed by atoms with E-state index >= 15 is 0 Å². The fraction of sp³-hybridized carbons (Fsp3) is 0.846. The number of carbonyl (C=O) groups is 2. The highest BCUT2D eigenvalue weighted by Gasteiger charge is 2.33. The van der Waals surface area contributed by atoms with Gasteiger partial charge in [0.15, 0.2) is 0 Å². The molecule has 1 atom stereocenters. The lowest BCUT2D eigenvalue weighted by molar-refractivity contribution is -0.153. The molecule has 0 radical (unpaired) electrons. The molecule has 0 aliphatic carbocycles. The summed E-state index contributed by atoms with van der Waals surface area (Å²) in [5.74, 6) is -0.896. The van der Waals surface area contributed by atoms with Crippen molar-refractivity contribution in [1.82, 2.24) is 0 Å². The van der Waals surface area contributed by atoms with Crippen LogP contribution in [0, 0.1) is 11.8 Å². The van der Waals surface area contributed by atoms with Crippen LogP contribution >= 0.6 is 0 Å². The third-order valence-electron chi connectivity index (χ3n) is 3.12. The largest absolute Gasteiger partial charge is 0.465 e. The predicted molar refractivity (Wildman–Crippen MR) is 63.6 cm³/mol. The summed E-state index contributed by atoms with van der Waals surface area (Å²) in [4.78, 5) is 24.0. The minimum atomic E-state index is -0.567. The molecule has 0 amide bonds. The Bertz CT molecular complexity index is 256. The van der Waals surface area contributed by atoms with Gasteiger partial charge in [-0.05, 0) is 26.2 Å². The highest BCUT2D eigenvalue weighted by molar-refractivity contribution is 6.00. The van der Waals surface area contributed by atoms with Crippen molar-refractivity contribution in [2.24, 2.45) is 11.8 Å². The van der Waals surface area contributed by atoms with Crippen LogP contribution in [0.2, 0.25) is 0 Å². The molecule has 0 bridgehead atoms. The number of esters is 1. The zero-order chi connectivity index (χ0) is 12.7. The van der Waals surface area contributed by atoms with Gasteiger partial charge in [0, 0.05) is 19.1 Å². The Morgan fingerprint density at radius 1 is 1.29 bits per heavy atom. The quantitative estimate of drug-likeness (QED) is 0.528. The van der Waals surface area contributed by atoms with Gasteiger partial charge in [-0.1, -0.05) is 13.3 Å². The second-order valence-electron chi connectivity index (χ2n) is 4.38. The lowest BCUT2D eigenvalue weighted by Gasteiger charge is -2.24. The molecule has 1 rings (SSSR count). The van der Waals surface area contributed by atoms with E-state index in [1.807, 2.05) is 6.92 Å². The molecule has 1 aliphatic heterocycles. The molecule has 1 fully saturated rings. The number of rotatable bonds is 6. The van der Waals surface area contributed by atoms with E-state index in [2.05, 4.69) is 0 Å². The molecule has 1 aliphatic rings. The highest BCUT2D eigenvalue weighted by atomic mass is 16.5. The van der Waals surface area contributed by atoms with Crippen molar-refractivity contribution in [1.29, 1.82) is 0 Å². The SMILES string of the molecule is CCCC(C(=O)OCC)C(=O)C1CCOCC1. The van der Waals surface area contributed by atoms with Crippen molar-refractivity contribution in [2.45, 2.75) is 39.5 Å². The van der Waals surface area contributed by atoms with Gasteiger partial charge >= 0.3 is 5.97 Å². The first-order valence-electron chi connectivity index (χ1n) is 6.48. The lowest BCUT2D eigenvalue weighted by Crippen LogP contribution is -2.34. The average molecular weight is 242 g/mol. The molecular formula is C13H22O4. The Balaban J connectivity index is 2.61. The molecule has 0 aromatic carbocycles. The van der Waals surface area contributed by atoms with E-state index in [1.165, 1.54) is 0 Å². The number of hydrogen-bond donors (Lipinski definition) is 0. The van der Waals surface area contributed by atoms with E-state index in [-0.39, 0.29) is 17.7 Å². The molecule has 0 spiro atoms. The van der Waals surface area contributed by atoms with Crippen LogP contribution in [0.4, 0.5) is 0 Å². The summed E-state index contributed by atoms with van der Waals surface area (Å²) in [5.41, 5.74) is 0. The highest BCUT2D eigenvalue weighted by Crippen LogP contribution is 2.23. The Labute approximate surface area is 103 Å². The van der Waals surface area contributed by atoms with Crippen LogP contribution < -0.4 is 0 Å². The van der Waals surface area contributed by atoms with Crippen molar-refractivity contribution < 1.29 is 19.1 Å². The van der Waals surface area contributed by atoms with E-state index < -0.39 is 5.92 Å². The molecule has 0 saturated carbocycles. The molecule has 1 unspecified atom stereocenters. The van der Waals surface area contributed by atoms with E-state index in [9.17, 15) is 9.59 Å². The zero-order valence-corrected chi connectivity index (χ0v) is 10.7. The van der Waals surface area contributed by atoms with Gasteiger partial charge in [-0.2, -0.15) is 0 Å². The van der Waals surface area contributed by atoms with E-state index in [1.54, 1.807) is 6.92 Å². The Morgan fingerprint density at radius 3 is 2.47 bits per heavy atom. The van der Waals surface area contributed by atoms with Gasteiger partial charge in [0.2, 0.25) is 0 Å². The van der Waals surface area contributed by atoms with E-state index in [4.69, 9.17) is 9.47 Å². The fourth-order valence-corrected chi connectivity index (χ4v) is 2.17. The van der Waals surface area contributed by atoms with Crippen LogP contribution in [0.25, 0.3) is 0 Å². The first kappa shape index (κ1) is 14.2. The zero-order valence-electron chi connectivity index (χ0n) is 10.7. The van der Waals surface area contributed by atoms with Gasteiger partial charge in [-0.15, -0.1) is 0 Å². The van der Waals surface area contributed by atoms with Gasteiger partial charge in [0.05, 0.1) is 6.61 Å². The van der Waals surface area contributed by atoms with Crippen molar-refractivity contribution in [3.8, 4) is 0 Å². The Kier molecular flexibility index (Phi) is 6.19. The number of carbonyl (C=O) groups excluding carboxylic acids is 2. The molecular weight excluding hydrogens is 220 g/mol. The molecule has 0 aromatic heterocycles. The predicted octanol–water partition coefficient (Wildman–Crippen LogP) is 1.96. The van der Waals surface area contributed by atoms with Crippen LogP contribution in [0.5, 0.6) is 0 Å². The lowest BCUT2D eigenvalue weighted by atomic mass is 9.85. The second-order valence-corrected chi connectivity index (χ2v) is 4.38. The molecule has 4 nitrogen and oxygen atoms in total. The summed E-state index contributed by atoms with van der Waals surface area (Å²) in [5, 5.41) is 0. The van der Waals surface area contributed by atoms with E-state index in [0.29, 0.717) is 26.2 Å². The number of ether oxygens (including phenoxy) is 2. The van der Waals surface area contributed by atoms with Crippen LogP contribution in [-0.4, -0.2) is 31.6 Å². The third-order valence-corrected chi connectivity index (χ3v) is 3.12. The van der Waals surface area contributed by atoms with Crippen molar-refractivity contribution >= 4 is 11.8 Å². The van der Waals surface area contributed by atoms with Crippen LogP contribution in [0.15, 0.2) is 0 Å². The summed E-state index contributed by atoms with van der Waals surface area (Å²) in [7, 11) is 0. The first-order chi connectivity index (χ1) is 8.20. The van der Waals surface area contributed by atoms with E-state index in [0.717, 1.165) is 19.3 Å². The summed E-state index contributed by atoms with van der Waals surface area (Å²) in [6.45, 7) is 5.32. The number of Topliss-reactive ketones (excluding diaryl/α,β-unsaturated/α-hetero) is 1. The van der Waals surface area contributed by atoms with Gasteiger partial charge in [0.25, 0.3) is 0 Å². The van der Waals surface area contributed by atoms with Gasteiger partial charge < -0.3 is 9.47 Å². The fourth-order valence-electron chi connectivity index (χ4n) is 2.17. The molecule has 17 heavy (non-hydrogen) atoms. The Hall–Kier alpha value is -0.900. The summed E-state index contributed by atoms with van der Waals surface area (Å²) < 4.78 is 10.2. The molecule has 1 saturated heterocycles. The van der Waals surface area contributed by atoms with Gasteiger partial charge in [-0.25, -0.2) is 0 Å². The maximum absolute atomic E-state index is 12.2. The first-order valence-corrected chi connectivity index (χ1v) is 6.48. The number of ketones is 1. The summed E-state index contributed by atoms with van der Waals surface area (Å²) in [6.07, 6.45) is 2.88. The maximum Gasteiger partial charge on any atom is 0.316 e. The maximum atomic E-state index is 12.2. The monoisotopic (exact) mass is 242 g/mol. The van der Waals surface area contributed by atoms with Gasteiger partial charge in [-0.3, -0.25) is 9.59 Å². The van der Waals surface area contributed by atoms with Crippen LogP contribution in [0.1, 0.15) is 39.5 Å². The summed E-state index contributed by atoms with van der Waals surface area (Å²) in [6, 6.07) is 0. The minimum Gasteiger partial charge on any atom is -0.465 e. The normalized spacial score (nSPS) is 18.7. The van der Waals surface area contributed by atoms with Crippen LogP contribution in [0.3, 0.4) is 0 Å². The standard InChI is InChI=1S/C13H22O4/c1-3-5-11(13(15)17-4-2)12(14)10-6-8-16-9-7-10/h10-11H,3-9H2,1-2H3. The molecule has 98 valence electrons. The van der Waals surface area contributed by atoms with Crippen molar-refractivity contribution in [3.05, 3.63) is 0 Å². The number of hydrogen-bond acceptors (Lipinski definition) is 4. The third kappa shape index (κ3) is 4.11.